The molecule has 1 saturated heterocycles. The van der Waals surface area contributed by atoms with Gasteiger partial charge in [-0.3, -0.25) is 4.79 Å². The summed E-state index contributed by atoms with van der Waals surface area (Å²) >= 11 is 6.08. The Morgan fingerprint density at radius 2 is 1.71 bits per heavy atom. The summed E-state index contributed by atoms with van der Waals surface area (Å²) in [6.45, 7) is 2.26. The fourth-order valence-corrected chi connectivity index (χ4v) is 3.81. The molecule has 1 aliphatic heterocycles. The lowest BCUT2D eigenvalue weighted by molar-refractivity contribution is -0.120. The van der Waals surface area contributed by atoms with Gasteiger partial charge in [0.15, 0.2) is 0 Å². The van der Waals surface area contributed by atoms with Gasteiger partial charge in [-0.2, -0.15) is 0 Å². The number of hydrogen-bond donors (Lipinski definition) is 2. The Morgan fingerprint density at radius 1 is 0.968 bits per heavy atom. The van der Waals surface area contributed by atoms with E-state index in [1.54, 1.807) is 0 Å². The summed E-state index contributed by atoms with van der Waals surface area (Å²) in [6.07, 6.45) is 1.76. The lowest BCUT2D eigenvalue weighted by Gasteiger charge is -2.21. The van der Waals surface area contributed by atoms with Crippen molar-refractivity contribution in [3.05, 3.63) is 83.4 Å². The molecule has 1 aliphatic rings. The van der Waals surface area contributed by atoms with Crippen LogP contribution >= 0.6 is 24.0 Å². The van der Waals surface area contributed by atoms with Crippen LogP contribution < -0.4 is 15.4 Å². The van der Waals surface area contributed by atoms with Crippen LogP contribution in [0.3, 0.4) is 0 Å². The summed E-state index contributed by atoms with van der Waals surface area (Å²) in [5, 5.41) is 7.04. The van der Waals surface area contributed by atoms with Crippen molar-refractivity contribution in [1.82, 2.24) is 5.32 Å². The van der Waals surface area contributed by atoms with Crippen LogP contribution in [0.4, 0.5) is 5.69 Å². The Bertz CT molecular complexity index is 1000. The second kappa shape index (κ2) is 11.2. The first-order valence-corrected chi connectivity index (χ1v) is 10.6. The predicted molar refractivity (Wildman–Crippen MR) is 129 cm³/mol. The van der Waals surface area contributed by atoms with E-state index in [2.05, 4.69) is 34.9 Å². The molecule has 1 amide bonds. The van der Waals surface area contributed by atoms with Gasteiger partial charge >= 0.3 is 0 Å². The SMILES string of the molecule is Cl.O=C(Nc1cccc(OCc2ccc(-c3cccc(Cl)c3)cc2)c1)C1CCNCC1. The molecule has 0 saturated carbocycles. The zero-order chi connectivity index (χ0) is 20.8. The van der Waals surface area contributed by atoms with E-state index in [-0.39, 0.29) is 24.2 Å². The van der Waals surface area contributed by atoms with E-state index in [1.807, 2.05) is 48.5 Å². The molecule has 31 heavy (non-hydrogen) atoms. The number of anilines is 1. The summed E-state index contributed by atoms with van der Waals surface area (Å²) in [4.78, 5) is 12.4. The van der Waals surface area contributed by atoms with Crippen molar-refractivity contribution in [2.24, 2.45) is 5.92 Å². The van der Waals surface area contributed by atoms with Gasteiger partial charge in [-0.15, -0.1) is 12.4 Å². The minimum atomic E-state index is 0. The first-order chi connectivity index (χ1) is 14.7. The number of nitrogens with one attached hydrogen (secondary N) is 2. The Balaban J connectivity index is 0.00000272. The number of amides is 1. The molecular formula is C25H26Cl2N2O2. The van der Waals surface area contributed by atoms with Crippen molar-refractivity contribution in [2.75, 3.05) is 18.4 Å². The van der Waals surface area contributed by atoms with Crippen LogP contribution in [-0.4, -0.2) is 19.0 Å². The van der Waals surface area contributed by atoms with Gasteiger partial charge in [0.2, 0.25) is 5.91 Å². The Kier molecular flexibility index (Phi) is 8.35. The number of hydrogen-bond acceptors (Lipinski definition) is 3. The topological polar surface area (TPSA) is 50.4 Å². The van der Waals surface area contributed by atoms with E-state index in [1.165, 1.54) is 0 Å². The molecule has 0 aromatic heterocycles. The monoisotopic (exact) mass is 456 g/mol. The Morgan fingerprint density at radius 3 is 2.45 bits per heavy atom. The minimum Gasteiger partial charge on any atom is -0.489 e. The molecule has 0 radical (unpaired) electrons. The molecule has 0 unspecified atom stereocenters. The maximum absolute atomic E-state index is 12.4. The molecule has 4 rings (SSSR count). The first-order valence-electron chi connectivity index (χ1n) is 10.3. The van der Waals surface area contributed by atoms with Gasteiger partial charge in [0.25, 0.3) is 0 Å². The number of piperidine rings is 1. The van der Waals surface area contributed by atoms with Crippen LogP contribution in [0.2, 0.25) is 5.02 Å². The maximum atomic E-state index is 12.4. The fourth-order valence-electron chi connectivity index (χ4n) is 3.62. The number of carbonyl (C=O) groups excluding carboxylic acids is 1. The molecule has 1 fully saturated rings. The molecule has 3 aromatic rings. The summed E-state index contributed by atoms with van der Waals surface area (Å²) in [7, 11) is 0. The van der Waals surface area contributed by atoms with Gasteiger partial charge < -0.3 is 15.4 Å². The molecule has 0 aliphatic carbocycles. The van der Waals surface area contributed by atoms with E-state index >= 15 is 0 Å². The van der Waals surface area contributed by atoms with Gasteiger partial charge in [-0.05, 0) is 66.9 Å². The normalized spacial score (nSPS) is 13.8. The van der Waals surface area contributed by atoms with Crippen LogP contribution in [0, 0.1) is 5.92 Å². The standard InChI is InChI=1S/C25H25ClN2O2.ClH/c26-22-4-1-3-21(15-22)19-9-7-18(8-10-19)17-30-24-6-2-5-23(16-24)28-25(29)20-11-13-27-14-12-20;/h1-10,15-16,20,27H,11-14,17H2,(H,28,29);1H. The zero-order valence-electron chi connectivity index (χ0n) is 17.1. The molecule has 0 bridgehead atoms. The summed E-state index contributed by atoms with van der Waals surface area (Å²) in [5.74, 6) is 0.899. The number of halogens is 2. The molecule has 162 valence electrons. The van der Waals surface area contributed by atoms with Crippen LogP contribution in [0.15, 0.2) is 72.8 Å². The maximum Gasteiger partial charge on any atom is 0.227 e. The minimum absolute atomic E-state index is 0. The number of ether oxygens (including phenoxy) is 1. The van der Waals surface area contributed by atoms with E-state index < -0.39 is 0 Å². The molecule has 6 heteroatoms. The largest absolute Gasteiger partial charge is 0.489 e. The van der Waals surface area contributed by atoms with Gasteiger partial charge in [0, 0.05) is 22.7 Å². The molecule has 1 heterocycles. The number of carbonyl (C=O) groups is 1. The highest BCUT2D eigenvalue weighted by molar-refractivity contribution is 6.30. The number of benzene rings is 3. The van der Waals surface area contributed by atoms with Crippen molar-refractivity contribution in [3.63, 3.8) is 0 Å². The van der Waals surface area contributed by atoms with Gasteiger partial charge in [0.1, 0.15) is 12.4 Å². The average Bonchev–Trinajstić information content (AvgIpc) is 2.79. The highest BCUT2D eigenvalue weighted by atomic mass is 35.5. The third kappa shape index (κ3) is 6.47. The predicted octanol–water partition coefficient (Wildman–Crippen LogP) is 5.95. The van der Waals surface area contributed by atoms with Crippen LogP contribution in [0.5, 0.6) is 5.75 Å². The molecule has 0 spiro atoms. The smallest absolute Gasteiger partial charge is 0.227 e. The van der Waals surface area contributed by atoms with E-state index in [0.717, 1.165) is 59.1 Å². The third-order valence-corrected chi connectivity index (χ3v) is 5.56. The summed E-state index contributed by atoms with van der Waals surface area (Å²) in [5.41, 5.74) is 4.05. The lowest BCUT2D eigenvalue weighted by Crippen LogP contribution is -2.34. The average molecular weight is 457 g/mol. The van der Waals surface area contributed by atoms with Crippen LogP contribution in [-0.2, 0) is 11.4 Å². The molecular weight excluding hydrogens is 431 g/mol. The first kappa shape index (κ1) is 23.1. The van der Waals surface area contributed by atoms with Crippen LogP contribution in [0.25, 0.3) is 11.1 Å². The van der Waals surface area contributed by atoms with E-state index in [0.29, 0.717) is 6.61 Å². The van der Waals surface area contributed by atoms with Crippen molar-refractivity contribution in [2.45, 2.75) is 19.4 Å². The molecule has 0 atom stereocenters. The quantitative estimate of drug-likeness (QED) is 0.481. The fraction of sp³-hybridized carbons (Fsp3) is 0.240. The number of rotatable bonds is 6. The van der Waals surface area contributed by atoms with Crippen molar-refractivity contribution in [1.29, 1.82) is 0 Å². The third-order valence-electron chi connectivity index (χ3n) is 5.33. The van der Waals surface area contributed by atoms with Crippen LogP contribution in [0.1, 0.15) is 18.4 Å². The zero-order valence-corrected chi connectivity index (χ0v) is 18.7. The van der Waals surface area contributed by atoms with Gasteiger partial charge in [0.05, 0.1) is 0 Å². The molecule has 2 N–H and O–H groups in total. The van der Waals surface area contributed by atoms with Gasteiger partial charge in [-0.1, -0.05) is 54.1 Å². The highest BCUT2D eigenvalue weighted by Gasteiger charge is 2.20. The summed E-state index contributed by atoms with van der Waals surface area (Å²) < 4.78 is 5.94. The second-order valence-electron chi connectivity index (χ2n) is 7.54. The van der Waals surface area contributed by atoms with Crippen molar-refractivity contribution < 1.29 is 9.53 Å². The van der Waals surface area contributed by atoms with E-state index in [9.17, 15) is 4.79 Å². The second-order valence-corrected chi connectivity index (χ2v) is 7.97. The van der Waals surface area contributed by atoms with Gasteiger partial charge in [-0.25, -0.2) is 0 Å². The van der Waals surface area contributed by atoms with Crippen molar-refractivity contribution >= 4 is 35.6 Å². The summed E-state index contributed by atoms with van der Waals surface area (Å²) in [6, 6.07) is 23.6. The highest BCUT2D eigenvalue weighted by Crippen LogP contribution is 2.24. The molecule has 3 aromatic carbocycles. The lowest BCUT2D eigenvalue weighted by atomic mass is 9.97. The Labute approximate surface area is 194 Å². The Hall–Kier alpha value is -2.53. The van der Waals surface area contributed by atoms with Crippen molar-refractivity contribution in [3.8, 4) is 16.9 Å². The van der Waals surface area contributed by atoms with E-state index in [4.69, 9.17) is 16.3 Å². The molecule has 4 nitrogen and oxygen atoms in total.